The van der Waals surface area contributed by atoms with Gasteiger partial charge in [-0.05, 0) is 12.3 Å². The normalized spacial score (nSPS) is 11.0. The van der Waals surface area contributed by atoms with E-state index in [-0.39, 0.29) is 17.4 Å². The molecule has 0 amide bonds. The van der Waals surface area contributed by atoms with Gasteiger partial charge in [-0.2, -0.15) is 0 Å². The molecule has 0 bridgehead atoms. The van der Waals surface area contributed by atoms with Crippen LogP contribution in [0.15, 0.2) is 4.79 Å². The Kier molecular flexibility index (Phi) is 4.49. The van der Waals surface area contributed by atoms with Gasteiger partial charge in [0.05, 0.1) is 5.56 Å². The van der Waals surface area contributed by atoms with Gasteiger partial charge in [-0.3, -0.25) is 4.79 Å². The minimum absolute atomic E-state index is 0.0377. The van der Waals surface area contributed by atoms with E-state index in [0.717, 1.165) is 6.42 Å². The quantitative estimate of drug-likeness (QED) is 0.739. The average Bonchev–Trinajstić information content (AvgIpc) is 2.16. The SMILES string of the molecule is COCCCc1nc(O)c(C(C)C)c(=O)[nH]1. The Labute approximate surface area is 94.5 Å². The van der Waals surface area contributed by atoms with E-state index in [1.807, 2.05) is 13.8 Å². The Morgan fingerprint density at radius 1 is 1.50 bits per heavy atom. The second kappa shape index (κ2) is 5.65. The van der Waals surface area contributed by atoms with Crippen LogP contribution in [0.2, 0.25) is 0 Å². The van der Waals surface area contributed by atoms with Crippen molar-refractivity contribution in [1.29, 1.82) is 0 Å². The highest BCUT2D eigenvalue weighted by Gasteiger charge is 2.13. The number of nitrogens with zero attached hydrogens (tertiary/aromatic N) is 1. The fourth-order valence-electron chi connectivity index (χ4n) is 1.54. The van der Waals surface area contributed by atoms with Gasteiger partial charge >= 0.3 is 0 Å². The van der Waals surface area contributed by atoms with Crippen molar-refractivity contribution >= 4 is 0 Å². The maximum Gasteiger partial charge on any atom is 0.258 e. The number of hydrogen-bond donors (Lipinski definition) is 2. The van der Waals surface area contributed by atoms with Crippen LogP contribution in [0, 0.1) is 0 Å². The van der Waals surface area contributed by atoms with E-state index in [0.29, 0.717) is 24.4 Å². The van der Waals surface area contributed by atoms with Crippen LogP contribution >= 0.6 is 0 Å². The molecule has 2 N–H and O–H groups in total. The van der Waals surface area contributed by atoms with Gasteiger partial charge in [0.2, 0.25) is 5.88 Å². The zero-order valence-electron chi connectivity index (χ0n) is 9.91. The molecule has 16 heavy (non-hydrogen) atoms. The van der Waals surface area contributed by atoms with Crippen molar-refractivity contribution in [1.82, 2.24) is 9.97 Å². The lowest BCUT2D eigenvalue weighted by atomic mass is 10.1. The highest BCUT2D eigenvalue weighted by molar-refractivity contribution is 5.25. The second-order valence-electron chi connectivity index (χ2n) is 4.00. The zero-order valence-corrected chi connectivity index (χ0v) is 9.91. The fraction of sp³-hybridized carbons (Fsp3) is 0.636. The lowest BCUT2D eigenvalue weighted by Gasteiger charge is -2.07. The summed E-state index contributed by atoms with van der Waals surface area (Å²) in [5.74, 6) is 0.305. The van der Waals surface area contributed by atoms with Crippen LogP contribution in [0.4, 0.5) is 0 Å². The van der Waals surface area contributed by atoms with Gasteiger partial charge in [-0.25, -0.2) is 4.98 Å². The first-order chi connectivity index (χ1) is 7.56. The van der Waals surface area contributed by atoms with Gasteiger partial charge < -0.3 is 14.8 Å². The van der Waals surface area contributed by atoms with Crippen LogP contribution in [0.25, 0.3) is 0 Å². The third-order valence-electron chi connectivity index (χ3n) is 2.32. The number of hydrogen-bond acceptors (Lipinski definition) is 4. The maximum absolute atomic E-state index is 11.6. The Morgan fingerprint density at radius 3 is 2.69 bits per heavy atom. The molecule has 5 heteroatoms. The van der Waals surface area contributed by atoms with Crippen LogP contribution in [-0.4, -0.2) is 28.8 Å². The molecule has 0 aliphatic rings. The number of aryl methyl sites for hydroxylation is 1. The van der Waals surface area contributed by atoms with E-state index < -0.39 is 0 Å². The highest BCUT2D eigenvalue weighted by Crippen LogP contribution is 2.18. The lowest BCUT2D eigenvalue weighted by molar-refractivity contribution is 0.194. The summed E-state index contributed by atoms with van der Waals surface area (Å²) in [4.78, 5) is 18.3. The van der Waals surface area contributed by atoms with Gasteiger partial charge in [0, 0.05) is 20.1 Å². The van der Waals surface area contributed by atoms with Gasteiger partial charge in [-0.1, -0.05) is 13.8 Å². The van der Waals surface area contributed by atoms with E-state index in [1.54, 1.807) is 7.11 Å². The maximum atomic E-state index is 11.6. The highest BCUT2D eigenvalue weighted by atomic mass is 16.5. The molecule has 0 saturated heterocycles. The molecule has 5 nitrogen and oxygen atoms in total. The van der Waals surface area contributed by atoms with E-state index >= 15 is 0 Å². The average molecular weight is 226 g/mol. The summed E-state index contributed by atoms with van der Waals surface area (Å²) in [6, 6.07) is 0. The van der Waals surface area contributed by atoms with Crippen molar-refractivity contribution in [3.8, 4) is 5.88 Å². The molecular formula is C11H18N2O3. The Balaban J connectivity index is 2.88. The molecule has 0 spiro atoms. The van der Waals surface area contributed by atoms with Crippen LogP contribution in [-0.2, 0) is 11.2 Å². The summed E-state index contributed by atoms with van der Waals surface area (Å²) in [5.41, 5.74) is 0.0883. The summed E-state index contributed by atoms with van der Waals surface area (Å²) in [6.07, 6.45) is 1.36. The lowest BCUT2D eigenvalue weighted by Crippen LogP contribution is -2.18. The zero-order chi connectivity index (χ0) is 12.1. The number of rotatable bonds is 5. The van der Waals surface area contributed by atoms with Crippen molar-refractivity contribution in [2.45, 2.75) is 32.6 Å². The number of H-pyrrole nitrogens is 1. The number of aromatic hydroxyl groups is 1. The van der Waals surface area contributed by atoms with E-state index in [1.165, 1.54) is 0 Å². The summed E-state index contributed by atoms with van der Waals surface area (Å²) >= 11 is 0. The van der Waals surface area contributed by atoms with Gasteiger partial charge in [0.25, 0.3) is 5.56 Å². The number of ether oxygens (including phenoxy) is 1. The van der Waals surface area contributed by atoms with Crippen molar-refractivity contribution in [3.63, 3.8) is 0 Å². The third-order valence-corrected chi connectivity index (χ3v) is 2.32. The second-order valence-corrected chi connectivity index (χ2v) is 4.00. The summed E-state index contributed by atoms with van der Waals surface area (Å²) in [6.45, 7) is 4.30. The monoisotopic (exact) mass is 226 g/mol. The molecule has 90 valence electrons. The molecule has 1 heterocycles. The topological polar surface area (TPSA) is 75.2 Å². The largest absolute Gasteiger partial charge is 0.493 e. The van der Waals surface area contributed by atoms with Crippen molar-refractivity contribution < 1.29 is 9.84 Å². The predicted octanol–water partition coefficient (Wildman–Crippen LogP) is 1.18. The van der Waals surface area contributed by atoms with Crippen molar-refractivity contribution in [2.24, 2.45) is 0 Å². The molecule has 0 saturated carbocycles. The Hall–Kier alpha value is -1.36. The Bertz CT molecular complexity index is 399. The molecule has 0 aliphatic carbocycles. The smallest absolute Gasteiger partial charge is 0.258 e. The standard InChI is InChI=1S/C11H18N2O3/c1-7(2)9-10(14)12-8(13-11(9)15)5-4-6-16-3/h7H,4-6H2,1-3H3,(H2,12,13,14,15). The predicted molar refractivity (Wildman–Crippen MR) is 60.8 cm³/mol. The molecule has 1 aromatic rings. The van der Waals surface area contributed by atoms with Crippen molar-refractivity contribution in [3.05, 3.63) is 21.7 Å². The number of aromatic nitrogens is 2. The summed E-state index contributed by atoms with van der Waals surface area (Å²) in [5, 5.41) is 9.64. The van der Waals surface area contributed by atoms with Gasteiger partial charge in [0.15, 0.2) is 0 Å². The van der Waals surface area contributed by atoms with Crippen LogP contribution in [0.3, 0.4) is 0 Å². The number of aromatic amines is 1. The van der Waals surface area contributed by atoms with E-state index in [4.69, 9.17) is 4.74 Å². The molecular weight excluding hydrogens is 208 g/mol. The number of nitrogens with one attached hydrogen (secondary N) is 1. The fourth-order valence-corrected chi connectivity index (χ4v) is 1.54. The third kappa shape index (κ3) is 3.06. The van der Waals surface area contributed by atoms with E-state index in [9.17, 15) is 9.90 Å². The van der Waals surface area contributed by atoms with Gasteiger partial charge in [0.1, 0.15) is 5.82 Å². The van der Waals surface area contributed by atoms with Crippen LogP contribution in [0.1, 0.15) is 37.6 Å². The van der Waals surface area contributed by atoms with Gasteiger partial charge in [-0.15, -0.1) is 0 Å². The Morgan fingerprint density at radius 2 is 2.19 bits per heavy atom. The van der Waals surface area contributed by atoms with Crippen LogP contribution < -0.4 is 5.56 Å². The van der Waals surface area contributed by atoms with Crippen molar-refractivity contribution in [2.75, 3.05) is 13.7 Å². The molecule has 0 aliphatic heterocycles. The molecule has 0 atom stereocenters. The minimum atomic E-state index is -0.255. The minimum Gasteiger partial charge on any atom is -0.493 e. The molecule has 0 aromatic carbocycles. The molecule has 0 radical (unpaired) electrons. The summed E-state index contributed by atoms with van der Waals surface area (Å²) < 4.78 is 4.90. The molecule has 0 fully saturated rings. The molecule has 1 aromatic heterocycles. The summed E-state index contributed by atoms with van der Waals surface area (Å²) in [7, 11) is 1.62. The molecule has 1 rings (SSSR count). The van der Waals surface area contributed by atoms with E-state index in [2.05, 4.69) is 9.97 Å². The molecule has 0 unspecified atom stereocenters. The van der Waals surface area contributed by atoms with Crippen LogP contribution in [0.5, 0.6) is 5.88 Å². The number of methoxy groups -OCH3 is 1. The first-order valence-electron chi connectivity index (χ1n) is 5.37. The first-order valence-corrected chi connectivity index (χ1v) is 5.37. The first kappa shape index (κ1) is 12.7.